The highest BCUT2D eigenvalue weighted by Crippen LogP contribution is 2.37. The van der Waals surface area contributed by atoms with Crippen LogP contribution in [-0.4, -0.2) is 25.1 Å². The van der Waals surface area contributed by atoms with E-state index in [0.717, 1.165) is 10.8 Å². The van der Waals surface area contributed by atoms with E-state index in [1.165, 1.54) is 18.0 Å². The zero-order valence-electron chi connectivity index (χ0n) is 13.9. The fourth-order valence-corrected chi connectivity index (χ4v) is 4.26. The first-order chi connectivity index (χ1) is 12.4. The van der Waals surface area contributed by atoms with Crippen LogP contribution in [0.2, 0.25) is 5.15 Å². The van der Waals surface area contributed by atoms with Crippen LogP contribution < -0.4 is 9.46 Å². The Labute approximate surface area is 154 Å². The number of aromatic nitrogens is 2. The average molecular weight is 392 g/mol. The minimum atomic E-state index is -3.99. The van der Waals surface area contributed by atoms with Crippen molar-refractivity contribution in [2.45, 2.75) is 5.03 Å². The van der Waals surface area contributed by atoms with Crippen LogP contribution in [0.15, 0.2) is 52.2 Å². The highest BCUT2D eigenvalue weighted by molar-refractivity contribution is 7.92. The van der Waals surface area contributed by atoms with E-state index in [1.807, 2.05) is 24.3 Å². The zero-order valence-corrected chi connectivity index (χ0v) is 15.4. The second-order valence-corrected chi connectivity index (χ2v) is 7.66. The number of benzene rings is 2. The monoisotopic (exact) mass is 391 g/mol. The Balaban J connectivity index is 1.85. The minimum Gasteiger partial charge on any atom is -0.495 e. The molecule has 0 amide bonds. The molecule has 0 bridgehead atoms. The predicted octanol–water partition coefficient (Wildman–Crippen LogP) is 3.78. The maximum atomic E-state index is 12.7. The Kier molecular flexibility index (Phi) is 3.82. The van der Waals surface area contributed by atoms with E-state index in [0.29, 0.717) is 16.9 Å². The molecule has 4 aromatic rings. The molecule has 0 unspecified atom stereocenters. The fourth-order valence-electron chi connectivity index (χ4n) is 2.77. The molecule has 2 heterocycles. The third kappa shape index (κ3) is 2.58. The average Bonchev–Trinajstić information content (AvgIpc) is 3.14. The summed E-state index contributed by atoms with van der Waals surface area (Å²) in [4.78, 5) is 3.85. The largest absolute Gasteiger partial charge is 0.495 e. The van der Waals surface area contributed by atoms with Crippen molar-refractivity contribution in [3.63, 3.8) is 0 Å². The molecular formula is C17H14ClN3O4S. The van der Waals surface area contributed by atoms with Crippen LogP contribution >= 0.6 is 11.6 Å². The minimum absolute atomic E-state index is 0.0151. The normalized spacial score (nSPS) is 12.0. The second-order valence-electron chi connectivity index (χ2n) is 5.70. The van der Waals surface area contributed by atoms with Crippen molar-refractivity contribution in [1.29, 1.82) is 0 Å². The van der Waals surface area contributed by atoms with Crippen molar-refractivity contribution in [2.24, 2.45) is 7.05 Å². The number of rotatable bonds is 4. The van der Waals surface area contributed by atoms with Gasteiger partial charge in [0.25, 0.3) is 10.0 Å². The summed E-state index contributed by atoms with van der Waals surface area (Å²) >= 11 is 6.01. The third-order valence-electron chi connectivity index (χ3n) is 4.03. The van der Waals surface area contributed by atoms with Gasteiger partial charge in [-0.25, -0.2) is 4.98 Å². The lowest BCUT2D eigenvalue weighted by Gasteiger charge is -2.11. The topological polar surface area (TPSA) is 86.4 Å². The Morgan fingerprint density at radius 1 is 1.19 bits per heavy atom. The Morgan fingerprint density at radius 3 is 2.65 bits per heavy atom. The standard InChI is InChI=1S/C17H14ClN3O4S/c1-21-9-19-17(16(21)18)26(22,23)20-12-8-14-11(7-15(12)24-2)10-5-3-4-6-13(10)25-14/h3-9,20H,1-2H3. The maximum absolute atomic E-state index is 12.7. The number of imidazole rings is 1. The van der Waals surface area contributed by atoms with Gasteiger partial charge in [0, 0.05) is 23.9 Å². The number of aryl methyl sites for hydroxylation is 1. The summed E-state index contributed by atoms with van der Waals surface area (Å²) in [6.07, 6.45) is 1.33. The molecule has 0 atom stereocenters. The zero-order chi connectivity index (χ0) is 18.5. The van der Waals surface area contributed by atoms with Gasteiger partial charge in [-0.1, -0.05) is 29.8 Å². The van der Waals surface area contributed by atoms with Crippen molar-refractivity contribution in [2.75, 3.05) is 11.8 Å². The van der Waals surface area contributed by atoms with Gasteiger partial charge in [0.05, 0.1) is 19.1 Å². The third-order valence-corrected chi connectivity index (χ3v) is 5.89. The molecule has 134 valence electrons. The van der Waals surface area contributed by atoms with Gasteiger partial charge in [0.2, 0.25) is 5.03 Å². The van der Waals surface area contributed by atoms with E-state index in [-0.39, 0.29) is 15.9 Å². The van der Waals surface area contributed by atoms with Crippen LogP contribution in [0.3, 0.4) is 0 Å². The molecule has 0 aliphatic heterocycles. The molecule has 0 aliphatic rings. The van der Waals surface area contributed by atoms with Crippen LogP contribution in [0.5, 0.6) is 5.75 Å². The number of hydrogen-bond acceptors (Lipinski definition) is 5. The van der Waals surface area contributed by atoms with Gasteiger partial charge >= 0.3 is 0 Å². The number of methoxy groups -OCH3 is 1. The fraction of sp³-hybridized carbons (Fsp3) is 0.118. The smallest absolute Gasteiger partial charge is 0.282 e. The van der Waals surface area contributed by atoms with E-state index in [2.05, 4.69) is 9.71 Å². The predicted molar refractivity (Wildman–Crippen MR) is 99.3 cm³/mol. The van der Waals surface area contributed by atoms with Crippen molar-refractivity contribution in [3.8, 4) is 5.75 Å². The summed E-state index contributed by atoms with van der Waals surface area (Å²) in [5.41, 5.74) is 1.48. The molecule has 0 fully saturated rings. The Morgan fingerprint density at radius 2 is 1.96 bits per heavy atom. The Hall–Kier alpha value is -2.71. The molecular weight excluding hydrogens is 378 g/mol. The number of furan rings is 1. The number of fused-ring (bicyclic) bond motifs is 3. The van der Waals surface area contributed by atoms with E-state index >= 15 is 0 Å². The summed E-state index contributed by atoms with van der Waals surface area (Å²) < 4.78 is 40.4. The lowest BCUT2D eigenvalue weighted by Crippen LogP contribution is -2.14. The van der Waals surface area contributed by atoms with Crippen molar-refractivity contribution >= 4 is 49.3 Å². The number of para-hydroxylation sites is 1. The quantitative estimate of drug-likeness (QED) is 0.572. The molecule has 1 N–H and O–H groups in total. The van der Waals surface area contributed by atoms with Crippen LogP contribution in [0.25, 0.3) is 21.9 Å². The van der Waals surface area contributed by atoms with Gasteiger partial charge < -0.3 is 13.7 Å². The first-order valence-corrected chi connectivity index (χ1v) is 9.46. The van der Waals surface area contributed by atoms with Crippen molar-refractivity contribution < 1.29 is 17.6 Å². The van der Waals surface area contributed by atoms with Crippen LogP contribution in [0.1, 0.15) is 0 Å². The Bertz CT molecular complexity index is 1240. The first kappa shape index (κ1) is 16.7. The van der Waals surface area contributed by atoms with Gasteiger partial charge in [-0.3, -0.25) is 4.72 Å². The highest BCUT2D eigenvalue weighted by atomic mass is 35.5. The lowest BCUT2D eigenvalue weighted by atomic mass is 10.1. The number of halogens is 1. The first-order valence-electron chi connectivity index (χ1n) is 7.59. The highest BCUT2D eigenvalue weighted by Gasteiger charge is 2.24. The number of sulfonamides is 1. The molecule has 0 saturated heterocycles. The number of ether oxygens (including phenoxy) is 1. The summed E-state index contributed by atoms with van der Waals surface area (Å²) in [6, 6.07) is 10.9. The summed E-state index contributed by atoms with van der Waals surface area (Å²) in [6.45, 7) is 0. The van der Waals surface area contributed by atoms with Gasteiger partial charge in [-0.15, -0.1) is 0 Å². The lowest BCUT2D eigenvalue weighted by molar-refractivity contribution is 0.417. The van der Waals surface area contributed by atoms with E-state index in [1.54, 1.807) is 19.2 Å². The maximum Gasteiger partial charge on any atom is 0.282 e. The van der Waals surface area contributed by atoms with Crippen molar-refractivity contribution in [3.05, 3.63) is 47.9 Å². The van der Waals surface area contributed by atoms with Crippen LogP contribution in [0, 0.1) is 0 Å². The number of anilines is 1. The summed E-state index contributed by atoms with van der Waals surface area (Å²) in [5, 5.41) is 1.51. The van der Waals surface area contributed by atoms with Gasteiger partial charge in [-0.2, -0.15) is 8.42 Å². The molecule has 0 saturated carbocycles. The van der Waals surface area contributed by atoms with E-state index in [4.69, 9.17) is 20.8 Å². The molecule has 2 aromatic heterocycles. The van der Waals surface area contributed by atoms with Crippen molar-refractivity contribution in [1.82, 2.24) is 9.55 Å². The van der Waals surface area contributed by atoms with E-state index in [9.17, 15) is 8.42 Å². The molecule has 26 heavy (non-hydrogen) atoms. The molecule has 0 radical (unpaired) electrons. The van der Waals surface area contributed by atoms with Crippen LogP contribution in [-0.2, 0) is 17.1 Å². The van der Waals surface area contributed by atoms with Crippen LogP contribution in [0.4, 0.5) is 5.69 Å². The molecule has 7 nitrogen and oxygen atoms in total. The number of nitrogens with zero attached hydrogens (tertiary/aromatic N) is 2. The summed E-state index contributed by atoms with van der Waals surface area (Å²) in [5.74, 6) is 0.361. The number of nitrogens with one attached hydrogen (secondary N) is 1. The van der Waals surface area contributed by atoms with Gasteiger partial charge in [0.1, 0.15) is 22.1 Å². The molecule has 0 spiro atoms. The molecule has 0 aliphatic carbocycles. The molecule has 9 heteroatoms. The molecule has 2 aromatic carbocycles. The summed E-state index contributed by atoms with van der Waals surface area (Å²) in [7, 11) is -0.916. The van der Waals surface area contributed by atoms with Gasteiger partial charge in [0.15, 0.2) is 0 Å². The number of hydrogen-bond donors (Lipinski definition) is 1. The van der Waals surface area contributed by atoms with E-state index < -0.39 is 10.0 Å². The SMILES string of the molecule is COc1cc2c(cc1NS(=O)(=O)c1ncn(C)c1Cl)oc1ccccc12. The second kappa shape index (κ2) is 5.93. The molecule has 4 rings (SSSR count). The van der Waals surface area contributed by atoms with Gasteiger partial charge in [-0.05, 0) is 12.1 Å².